The van der Waals surface area contributed by atoms with Crippen molar-refractivity contribution in [3.05, 3.63) is 42.1 Å². The first-order valence-electron chi connectivity index (χ1n) is 6.87. The zero-order valence-electron chi connectivity index (χ0n) is 11.2. The quantitative estimate of drug-likeness (QED) is 0.772. The third-order valence-electron chi connectivity index (χ3n) is 3.75. The average molecular weight is 265 g/mol. The van der Waals surface area contributed by atoms with Gasteiger partial charge in [0.2, 0.25) is 0 Å². The number of pyridine rings is 1. The van der Waals surface area contributed by atoms with E-state index in [0.29, 0.717) is 6.04 Å². The van der Waals surface area contributed by atoms with Crippen LogP contribution in [0.25, 0.3) is 22.6 Å². The Hall–Kier alpha value is -2.36. The van der Waals surface area contributed by atoms with Crippen LogP contribution >= 0.6 is 0 Å². The SMILES string of the molecule is Cc1ccc(-c2nc3cccnc3n2C2CC2)c(O)c1. The molecular formula is C16H15N3O. The van der Waals surface area contributed by atoms with E-state index < -0.39 is 0 Å². The number of hydrogen-bond acceptors (Lipinski definition) is 3. The Kier molecular flexibility index (Phi) is 2.33. The molecule has 2 heterocycles. The number of phenolic OH excluding ortho intramolecular Hbond substituents is 1. The van der Waals surface area contributed by atoms with Crippen molar-refractivity contribution in [2.75, 3.05) is 0 Å². The van der Waals surface area contributed by atoms with Gasteiger partial charge >= 0.3 is 0 Å². The average Bonchev–Trinajstić information content (AvgIpc) is 3.19. The smallest absolute Gasteiger partial charge is 0.160 e. The fourth-order valence-electron chi connectivity index (χ4n) is 2.63. The van der Waals surface area contributed by atoms with E-state index >= 15 is 0 Å². The lowest BCUT2D eigenvalue weighted by Gasteiger charge is -2.09. The van der Waals surface area contributed by atoms with Gasteiger partial charge in [-0.25, -0.2) is 9.97 Å². The Bertz CT molecular complexity index is 803. The molecule has 0 aliphatic heterocycles. The molecule has 2 aromatic heterocycles. The summed E-state index contributed by atoms with van der Waals surface area (Å²) in [5.41, 5.74) is 3.61. The maximum Gasteiger partial charge on any atom is 0.160 e. The van der Waals surface area contributed by atoms with Gasteiger partial charge in [0.25, 0.3) is 0 Å². The van der Waals surface area contributed by atoms with Gasteiger partial charge in [0.1, 0.15) is 17.1 Å². The zero-order chi connectivity index (χ0) is 13.7. The van der Waals surface area contributed by atoms with Crippen molar-refractivity contribution in [3.63, 3.8) is 0 Å². The van der Waals surface area contributed by atoms with Gasteiger partial charge < -0.3 is 9.67 Å². The molecule has 4 nitrogen and oxygen atoms in total. The van der Waals surface area contributed by atoms with Gasteiger partial charge in [-0.1, -0.05) is 6.07 Å². The molecule has 1 aliphatic rings. The van der Waals surface area contributed by atoms with Gasteiger partial charge in [-0.05, 0) is 49.6 Å². The molecule has 1 aliphatic carbocycles. The largest absolute Gasteiger partial charge is 0.507 e. The lowest BCUT2D eigenvalue weighted by atomic mass is 10.1. The van der Waals surface area contributed by atoms with E-state index in [-0.39, 0.29) is 5.75 Å². The van der Waals surface area contributed by atoms with Crippen molar-refractivity contribution in [2.45, 2.75) is 25.8 Å². The van der Waals surface area contributed by atoms with Crippen LogP contribution in [0.15, 0.2) is 36.5 Å². The third-order valence-corrected chi connectivity index (χ3v) is 3.75. The molecule has 20 heavy (non-hydrogen) atoms. The second kappa shape index (κ2) is 4.07. The van der Waals surface area contributed by atoms with E-state index in [0.717, 1.165) is 41.0 Å². The summed E-state index contributed by atoms with van der Waals surface area (Å²) >= 11 is 0. The molecule has 0 radical (unpaired) electrons. The molecule has 0 atom stereocenters. The number of hydrogen-bond donors (Lipinski definition) is 1. The number of aryl methyl sites for hydroxylation is 1. The van der Waals surface area contributed by atoms with Crippen molar-refractivity contribution < 1.29 is 5.11 Å². The van der Waals surface area contributed by atoms with Crippen molar-refractivity contribution >= 4 is 11.2 Å². The van der Waals surface area contributed by atoms with E-state index in [2.05, 4.69) is 14.5 Å². The summed E-state index contributed by atoms with van der Waals surface area (Å²) in [4.78, 5) is 9.13. The molecule has 100 valence electrons. The maximum atomic E-state index is 10.2. The zero-order valence-corrected chi connectivity index (χ0v) is 11.2. The van der Waals surface area contributed by atoms with E-state index in [1.807, 2.05) is 31.2 Å². The summed E-state index contributed by atoms with van der Waals surface area (Å²) < 4.78 is 2.17. The second-order valence-electron chi connectivity index (χ2n) is 5.40. The summed E-state index contributed by atoms with van der Waals surface area (Å²) in [6.07, 6.45) is 4.10. The van der Waals surface area contributed by atoms with Crippen LogP contribution in [-0.4, -0.2) is 19.6 Å². The minimum atomic E-state index is 0.280. The number of phenols is 1. The number of benzene rings is 1. The molecule has 4 heteroatoms. The fourth-order valence-corrected chi connectivity index (χ4v) is 2.63. The number of aromatic hydroxyl groups is 1. The van der Waals surface area contributed by atoms with Crippen molar-refractivity contribution in [1.82, 2.24) is 14.5 Å². The van der Waals surface area contributed by atoms with E-state index in [1.54, 1.807) is 12.3 Å². The minimum absolute atomic E-state index is 0.280. The van der Waals surface area contributed by atoms with Crippen molar-refractivity contribution in [2.24, 2.45) is 0 Å². The van der Waals surface area contributed by atoms with E-state index in [1.165, 1.54) is 0 Å². The number of aromatic nitrogens is 3. The molecule has 1 N–H and O–H groups in total. The Morgan fingerprint density at radius 3 is 2.85 bits per heavy atom. The molecule has 0 amide bonds. The monoisotopic (exact) mass is 265 g/mol. The first-order chi connectivity index (χ1) is 9.74. The third kappa shape index (κ3) is 1.68. The number of imidazole rings is 1. The molecule has 3 aromatic rings. The van der Waals surface area contributed by atoms with Gasteiger partial charge in [0, 0.05) is 12.2 Å². The lowest BCUT2D eigenvalue weighted by Crippen LogP contribution is -1.98. The summed E-state index contributed by atoms with van der Waals surface area (Å²) in [5, 5.41) is 10.2. The number of nitrogens with zero attached hydrogens (tertiary/aromatic N) is 3. The maximum absolute atomic E-state index is 10.2. The topological polar surface area (TPSA) is 50.9 Å². The van der Waals surface area contributed by atoms with Crippen molar-refractivity contribution in [1.29, 1.82) is 0 Å². The van der Waals surface area contributed by atoms with Gasteiger partial charge in [-0.3, -0.25) is 0 Å². The molecule has 0 spiro atoms. The van der Waals surface area contributed by atoms with Crippen LogP contribution < -0.4 is 0 Å². The molecule has 0 bridgehead atoms. The lowest BCUT2D eigenvalue weighted by molar-refractivity contribution is 0.476. The highest BCUT2D eigenvalue weighted by atomic mass is 16.3. The van der Waals surface area contributed by atoms with Crippen LogP contribution in [0.5, 0.6) is 5.75 Å². The Labute approximate surface area is 116 Å². The van der Waals surface area contributed by atoms with E-state index in [4.69, 9.17) is 0 Å². The molecule has 0 unspecified atom stereocenters. The highest BCUT2D eigenvalue weighted by molar-refractivity contribution is 5.79. The molecule has 1 saturated carbocycles. The molecule has 0 saturated heterocycles. The number of rotatable bonds is 2. The van der Waals surface area contributed by atoms with Crippen LogP contribution in [0.4, 0.5) is 0 Å². The first kappa shape index (κ1) is 11.5. The number of fused-ring (bicyclic) bond motifs is 1. The standard InChI is InChI=1S/C16H15N3O/c1-10-4-7-12(14(20)9-10)15-18-13-3-2-8-17-16(13)19(15)11-5-6-11/h2-4,7-9,11,20H,5-6H2,1H3. The Balaban J connectivity index is 2.01. The summed E-state index contributed by atoms with van der Waals surface area (Å²) in [6, 6.07) is 10.0. The first-order valence-corrected chi connectivity index (χ1v) is 6.87. The predicted molar refractivity (Wildman–Crippen MR) is 77.6 cm³/mol. The van der Waals surface area contributed by atoms with Gasteiger partial charge in [0.05, 0.1) is 5.56 Å². The highest BCUT2D eigenvalue weighted by Gasteiger charge is 2.29. The van der Waals surface area contributed by atoms with Gasteiger partial charge in [0.15, 0.2) is 5.65 Å². The van der Waals surface area contributed by atoms with Crippen LogP contribution in [0.2, 0.25) is 0 Å². The molecule has 4 rings (SSSR count). The van der Waals surface area contributed by atoms with Gasteiger partial charge in [-0.2, -0.15) is 0 Å². The van der Waals surface area contributed by atoms with E-state index in [9.17, 15) is 5.11 Å². The van der Waals surface area contributed by atoms with Crippen LogP contribution in [0.3, 0.4) is 0 Å². The minimum Gasteiger partial charge on any atom is -0.507 e. The Morgan fingerprint density at radius 1 is 1.25 bits per heavy atom. The highest BCUT2D eigenvalue weighted by Crippen LogP contribution is 2.42. The Morgan fingerprint density at radius 2 is 2.10 bits per heavy atom. The molecular weight excluding hydrogens is 250 g/mol. The van der Waals surface area contributed by atoms with Crippen LogP contribution in [0.1, 0.15) is 24.4 Å². The molecule has 1 aromatic carbocycles. The fraction of sp³-hybridized carbons (Fsp3) is 0.250. The van der Waals surface area contributed by atoms with Gasteiger partial charge in [-0.15, -0.1) is 0 Å². The van der Waals surface area contributed by atoms with Crippen LogP contribution in [0, 0.1) is 6.92 Å². The van der Waals surface area contributed by atoms with Crippen LogP contribution in [-0.2, 0) is 0 Å². The molecule has 1 fully saturated rings. The summed E-state index contributed by atoms with van der Waals surface area (Å²) in [5.74, 6) is 1.10. The summed E-state index contributed by atoms with van der Waals surface area (Å²) in [7, 11) is 0. The van der Waals surface area contributed by atoms with Crippen molar-refractivity contribution in [3.8, 4) is 17.1 Å². The predicted octanol–water partition coefficient (Wildman–Crippen LogP) is 3.45. The normalized spacial score (nSPS) is 14.8. The summed E-state index contributed by atoms with van der Waals surface area (Å²) in [6.45, 7) is 1.97. The second-order valence-corrected chi connectivity index (χ2v) is 5.40.